The monoisotopic (exact) mass is 321 g/mol. The Bertz CT molecular complexity index is 573. The Labute approximate surface area is 136 Å². The van der Waals surface area contributed by atoms with Crippen molar-refractivity contribution < 1.29 is 13.9 Å². The van der Waals surface area contributed by atoms with Gasteiger partial charge in [0.05, 0.1) is 6.61 Å². The highest BCUT2D eigenvalue weighted by molar-refractivity contribution is 5.79. The van der Waals surface area contributed by atoms with Crippen molar-refractivity contribution in [2.45, 2.75) is 32.8 Å². The van der Waals surface area contributed by atoms with Gasteiger partial charge in [0.2, 0.25) is 0 Å². The molecule has 0 aromatic heterocycles. The molecule has 0 saturated heterocycles. The van der Waals surface area contributed by atoms with E-state index in [1.165, 1.54) is 18.9 Å². The van der Waals surface area contributed by atoms with E-state index in [0.717, 1.165) is 41.8 Å². The van der Waals surface area contributed by atoms with Crippen LogP contribution in [0, 0.1) is 11.7 Å². The molecule has 5 nitrogen and oxygen atoms in total. The SMILES string of the molecule is CCNC(=NCC1CC1)NCCc1cc(F)cc2c1OCOC2. The molecule has 6 heteroatoms. The summed E-state index contributed by atoms with van der Waals surface area (Å²) in [6, 6.07) is 3.02. The van der Waals surface area contributed by atoms with E-state index in [-0.39, 0.29) is 12.6 Å². The van der Waals surface area contributed by atoms with Gasteiger partial charge in [-0.25, -0.2) is 4.39 Å². The second-order valence-corrected chi connectivity index (χ2v) is 6.00. The molecule has 3 rings (SSSR count). The molecule has 0 spiro atoms. The van der Waals surface area contributed by atoms with Crippen LogP contribution >= 0.6 is 0 Å². The number of hydrogen-bond acceptors (Lipinski definition) is 3. The molecule has 126 valence electrons. The Morgan fingerprint density at radius 2 is 2.22 bits per heavy atom. The van der Waals surface area contributed by atoms with E-state index in [1.807, 2.05) is 6.92 Å². The number of benzene rings is 1. The van der Waals surface area contributed by atoms with Gasteiger partial charge in [0, 0.05) is 25.2 Å². The number of fused-ring (bicyclic) bond motifs is 1. The largest absolute Gasteiger partial charge is 0.467 e. The fourth-order valence-electron chi connectivity index (χ4n) is 2.62. The third kappa shape index (κ3) is 4.58. The maximum atomic E-state index is 13.7. The summed E-state index contributed by atoms with van der Waals surface area (Å²) < 4.78 is 24.5. The summed E-state index contributed by atoms with van der Waals surface area (Å²) in [5.41, 5.74) is 1.65. The van der Waals surface area contributed by atoms with Gasteiger partial charge in [-0.05, 0) is 49.8 Å². The number of hydrogen-bond donors (Lipinski definition) is 2. The van der Waals surface area contributed by atoms with E-state index in [0.29, 0.717) is 19.6 Å². The van der Waals surface area contributed by atoms with Crippen molar-refractivity contribution in [3.8, 4) is 5.75 Å². The van der Waals surface area contributed by atoms with Crippen molar-refractivity contribution in [2.75, 3.05) is 26.4 Å². The Kier molecular flexibility index (Phi) is 5.33. The lowest BCUT2D eigenvalue weighted by molar-refractivity contribution is -0.0172. The van der Waals surface area contributed by atoms with Gasteiger partial charge in [-0.3, -0.25) is 4.99 Å². The zero-order valence-corrected chi connectivity index (χ0v) is 13.5. The Morgan fingerprint density at radius 1 is 1.35 bits per heavy atom. The molecule has 23 heavy (non-hydrogen) atoms. The molecule has 0 unspecified atom stereocenters. The fourth-order valence-corrected chi connectivity index (χ4v) is 2.62. The van der Waals surface area contributed by atoms with Crippen molar-refractivity contribution in [3.63, 3.8) is 0 Å². The highest BCUT2D eigenvalue weighted by Gasteiger charge is 2.20. The summed E-state index contributed by atoms with van der Waals surface area (Å²) in [6.45, 7) is 5.06. The Hall–Kier alpha value is -1.82. The number of nitrogens with zero attached hydrogens (tertiary/aromatic N) is 1. The smallest absolute Gasteiger partial charge is 0.191 e. The predicted molar refractivity (Wildman–Crippen MR) is 87.1 cm³/mol. The molecule has 2 N–H and O–H groups in total. The average Bonchev–Trinajstić information content (AvgIpc) is 3.36. The molecule has 1 aromatic rings. The molecule has 0 atom stereocenters. The molecule has 0 bridgehead atoms. The maximum Gasteiger partial charge on any atom is 0.191 e. The molecule has 0 amide bonds. The average molecular weight is 321 g/mol. The number of guanidine groups is 1. The number of rotatable bonds is 6. The molecule has 2 aliphatic rings. The van der Waals surface area contributed by atoms with Crippen molar-refractivity contribution in [1.82, 2.24) is 10.6 Å². The van der Waals surface area contributed by atoms with Crippen LogP contribution < -0.4 is 15.4 Å². The van der Waals surface area contributed by atoms with Crippen molar-refractivity contribution in [2.24, 2.45) is 10.9 Å². The molecule has 1 fully saturated rings. The zero-order chi connectivity index (χ0) is 16.1. The molecular weight excluding hydrogens is 297 g/mol. The number of nitrogens with one attached hydrogen (secondary N) is 2. The number of ether oxygens (including phenoxy) is 2. The van der Waals surface area contributed by atoms with Crippen LogP contribution in [-0.2, 0) is 17.8 Å². The Balaban J connectivity index is 1.58. The summed E-state index contributed by atoms with van der Waals surface area (Å²) in [6.07, 6.45) is 3.25. The van der Waals surface area contributed by atoms with E-state index in [2.05, 4.69) is 15.6 Å². The molecule has 1 saturated carbocycles. The highest BCUT2D eigenvalue weighted by Crippen LogP contribution is 2.30. The van der Waals surface area contributed by atoms with Gasteiger partial charge < -0.3 is 20.1 Å². The van der Waals surface area contributed by atoms with E-state index < -0.39 is 0 Å². The minimum absolute atomic E-state index is 0.227. The molecule has 1 heterocycles. The first-order valence-electron chi connectivity index (χ1n) is 8.30. The summed E-state index contributed by atoms with van der Waals surface area (Å²) >= 11 is 0. The van der Waals surface area contributed by atoms with Gasteiger partial charge in [-0.1, -0.05) is 0 Å². The van der Waals surface area contributed by atoms with Crippen LogP contribution in [0.4, 0.5) is 4.39 Å². The van der Waals surface area contributed by atoms with E-state index in [9.17, 15) is 4.39 Å². The van der Waals surface area contributed by atoms with Crippen LogP contribution in [0.1, 0.15) is 30.9 Å². The van der Waals surface area contributed by atoms with Crippen LogP contribution in [0.15, 0.2) is 17.1 Å². The first-order chi connectivity index (χ1) is 11.3. The maximum absolute atomic E-state index is 13.7. The topological polar surface area (TPSA) is 54.9 Å². The molecule has 0 radical (unpaired) electrons. The van der Waals surface area contributed by atoms with Crippen molar-refractivity contribution in [1.29, 1.82) is 0 Å². The summed E-state index contributed by atoms with van der Waals surface area (Å²) in [5.74, 6) is 2.10. The van der Waals surface area contributed by atoms with Crippen LogP contribution in [0.25, 0.3) is 0 Å². The summed E-state index contributed by atoms with van der Waals surface area (Å²) in [4.78, 5) is 4.58. The minimum atomic E-state index is -0.248. The predicted octanol–water partition coefficient (Wildman–Crippen LogP) is 2.20. The molecule has 1 aliphatic heterocycles. The lowest BCUT2D eigenvalue weighted by Crippen LogP contribution is -2.38. The van der Waals surface area contributed by atoms with Crippen LogP contribution in [0.2, 0.25) is 0 Å². The molecule has 1 aliphatic carbocycles. The number of aliphatic imine (C=N–C) groups is 1. The second kappa shape index (κ2) is 7.64. The highest BCUT2D eigenvalue weighted by atomic mass is 19.1. The lowest BCUT2D eigenvalue weighted by Gasteiger charge is -2.21. The van der Waals surface area contributed by atoms with Crippen molar-refractivity contribution in [3.05, 3.63) is 29.1 Å². The first kappa shape index (κ1) is 16.1. The van der Waals surface area contributed by atoms with Gasteiger partial charge >= 0.3 is 0 Å². The summed E-state index contributed by atoms with van der Waals surface area (Å²) in [7, 11) is 0. The van der Waals surface area contributed by atoms with Crippen LogP contribution in [-0.4, -0.2) is 32.4 Å². The lowest BCUT2D eigenvalue weighted by atomic mass is 10.1. The standard InChI is InChI=1S/C17H24FN3O2/c1-2-19-17(21-9-12-3-4-12)20-6-5-13-7-15(18)8-14-10-22-11-23-16(13)14/h7-8,12H,2-6,9-11H2,1H3,(H2,19,20,21). The molecular formula is C17H24FN3O2. The van der Waals surface area contributed by atoms with Gasteiger partial charge in [-0.2, -0.15) is 0 Å². The fraction of sp³-hybridized carbons (Fsp3) is 0.588. The third-order valence-corrected chi connectivity index (χ3v) is 3.99. The van der Waals surface area contributed by atoms with E-state index in [1.54, 1.807) is 6.07 Å². The van der Waals surface area contributed by atoms with Crippen molar-refractivity contribution >= 4 is 5.96 Å². The Morgan fingerprint density at radius 3 is 3.00 bits per heavy atom. The van der Waals surface area contributed by atoms with Gasteiger partial charge in [0.1, 0.15) is 11.6 Å². The quantitative estimate of drug-likeness (QED) is 0.623. The minimum Gasteiger partial charge on any atom is -0.467 e. The summed E-state index contributed by atoms with van der Waals surface area (Å²) in [5, 5.41) is 6.55. The van der Waals surface area contributed by atoms with Crippen LogP contribution in [0.3, 0.4) is 0 Å². The first-order valence-corrected chi connectivity index (χ1v) is 8.30. The van der Waals surface area contributed by atoms with Crippen LogP contribution in [0.5, 0.6) is 5.75 Å². The zero-order valence-electron chi connectivity index (χ0n) is 13.5. The molecule has 1 aromatic carbocycles. The normalized spacial score (nSPS) is 17.4. The third-order valence-electron chi connectivity index (χ3n) is 3.99. The second-order valence-electron chi connectivity index (χ2n) is 6.00. The van der Waals surface area contributed by atoms with Gasteiger partial charge in [0.15, 0.2) is 12.8 Å². The van der Waals surface area contributed by atoms with E-state index in [4.69, 9.17) is 9.47 Å². The van der Waals surface area contributed by atoms with Gasteiger partial charge in [-0.15, -0.1) is 0 Å². The van der Waals surface area contributed by atoms with E-state index >= 15 is 0 Å². The number of halogens is 1. The van der Waals surface area contributed by atoms with Gasteiger partial charge in [0.25, 0.3) is 0 Å².